The molecule has 1 fully saturated rings. The van der Waals surface area contributed by atoms with E-state index in [4.69, 9.17) is 4.98 Å². The zero-order valence-electron chi connectivity index (χ0n) is 18.5. The molecule has 4 aromatic rings. The van der Waals surface area contributed by atoms with E-state index in [0.29, 0.717) is 17.7 Å². The Morgan fingerprint density at radius 1 is 1.00 bits per heavy atom. The number of imidazole rings is 1. The fourth-order valence-electron chi connectivity index (χ4n) is 4.68. The van der Waals surface area contributed by atoms with Crippen molar-refractivity contribution in [2.24, 2.45) is 7.05 Å². The molecule has 0 atom stereocenters. The highest BCUT2D eigenvalue weighted by atomic mass is 16.2. The molecule has 0 bridgehead atoms. The van der Waals surface area contributed by atoms with Gasteiger partial charge in [0.1, 0.15) is 0 Å². The van der Waals surface area contributed by atoms with Gasteiger partial charge in [-0.25, -0.2) is 4.79 Å². The number of nitrogens with zero attached hydrogens (tertiary/aromatic N) is 5. The molecular formula is C24H28N6O2. The van der Waals surface area contributed by atoms with Crippen molar-refractivity contribution < 1.29 is 0 Å². The Morgan fingerprint density at radius 2 is 1.75 bits per heavy atom. The summed E-state index contributed by atoms with van der Waals surface area (Å²) >= 11 is 0. The second-order valence-corrected chi connectivity index (χ2v) is 8.46. The minimum atomic E-state index is -0.435. The van der Waals surface area contributed by atoms with Gasteiger partial charge in [-0.05, 0) is 22.8 Å². The summed E-state index contributed by atoms with van der Waals surface area (Å²) in [5, 5.41) is 2.58. The van der Waals surface area contributed by atoms with Gasteiger partial charge in [-0.2, -0.15) is 4.98 Å². The van der Waals surface area contributed by atoms with Crippen molar-refractivity contribution in [3.05, 3.63) is 68.9 Å². The van der Waals surface area contributed by atoms with Gasteiger partial charge in [-0.3, -0.25) is 19.2 Å². The van der Waals surface area contributed by atoms with Crippen molar-refractivity contribution in [1.82, 2.24) is 24.0 Å². The lowest BCUT2D eigenvalue weighted by molar-refractivity contribution is 0.249. The fourth-order valence-corrected chi connectivity index (χ4v) is 4.68. The van der Waals surface area contributed by atoms with Crippen LogP contribution in [0.5, 0.6) is 0 Å². The van der Waals surface area contributed by atoms with E-state index in [-0.39, 0.29) is 5.56 Å². The second kappa shape index (κ2) is 8.27. The molecule has 8 heteroatoms. The minimum Gasteiger partial charge on any atom is -0.340 e. The summed E-state index contributed by atoms with van der Waals surface area (Å²) in [6, 6.07) is 15.0. The van der Waals surface area contributed by atoms with Crippen molar-refractivity contribution in [2.75, 3.05) is 31.1 Å². The number of piperazine rings is 1. The molecule has 5 rings (SSSR count). The third-order valence-corrected chi connectivity index (χ3v) is 6.36. The Labute approximate surface area is 185 Å². The molecule has 0 radical (unpaired) electrons. The first-order chi connectivity index (χ1) is 15.6. The minimum absolute atomic E-state index is 0.370. The number of nitrogens with one attached hydrogen (secondary N) is 1. The van der Waals surface area contributed by atoms with Crippen LogP contribution in [-0.2, 0) is 20.1 Å². The van der Waals surface area contributed by atoms with Crippen molar-refractivity contribution in [3.63, 3.8) is 0 Å². The van der Waals surface area contributed by atoms with Gasteiger partial charge in [0.2, 0.25) is 5.95 Å². The number of aryl methyl sites for hydroxylation is 2. The highest BCUT2D eigenvalue weighted by Crippen LogP contribution is 2.23. The molecule has 32 heavy (non-hydrogen) atoms. The van der Waals surface area contributed by atoms with Crippen molar-refractivity contribution >= 4 is 27.9 Å². The molecule has 0 saturated carbocycles. The third-order valence-electron chi connectivity index (χ3n) is 6.36. The molecule has 2 aromatic carbocycles. The van der Waals surface area contributed by atoms with Crippen LogP contribution < -0.4 is 16.1 Å². The summed E-state index contributed by atoms with van der Waals surface area (Å²) in [5.41, 5.74) is 1.46. The van der Waals surface area contributed by atoms with Gasteiger partial charge < -0.3 is 9.47 Å². The van der Waals surface area contributed by atoms with Gasteiger partial charge in [0.15, 0.2) is 11.2 Å². The number of aromatic amines is 1. The lowest BCUT2D eigenvalue weighted by atomic mass is 10.0. The predicted octanol–water partition coefficient (Wildman–Crippen LogP) is 2.31. The zero-order valence-corrected chi connectivity index (χ0v) is 18.5. The Balaban J connectivity index is 1.40. The number of hydrogen-bond donors (Lipinski definition) is 1. The first-order valence-corrected chi connectivity index (χ1v) is 11.2. The van der Waals surface area contributed by atoms with E-state index in [1.807, 2.05) is 4.57 Å². The molecule has 8 nitrogen and oxygen atoms in total. The largest absolute Gasteiger partial charge is 0.340 e. The topological polar surface area (TPSA) is 79.2 Å². The van der Waals surface area contributed by atoms with E-state index in [1.54, 1.807) is 7.05 Å². The average Bonchev–Trinajstić information content (AvgIpc) is 3.19. The van der Waals surface area contributed by atoms with E-state index < -0.39 is 5.69 Å². The maximum Gasteiger partial charge on any atom is 0.329 e. The molecule has 3 heterocycles. The molecule has 1 N–H and O–H groups in total. The van der Waals surface area contributed by atoms with E-state index in [0.717, 1.165) is 45.1 Å². The first-order valence-electron chi connectivity index (χ1n) is 11.2. The molecular weight excluding hydrogens is 404 g/mol. The fraction of sp³-hybridized carbons (Fsp3) is 0.375. The van der Waals surface area contributed by atoms with Crippen molar-refractivity contribution in [1.29, 1.82) is 0 Å². The normalized spacial score (nSPS) is 15.1. The molecule has 0 amide bonds. The Kier molecular flexibility index (Phi) is 5.30. The molecule has 0 spiro atoms. The van der Waals surface area contributed by atoms with Crippen LogP contribution >= 0.6 is 0 Å². The van der Waals surface area contributed by atoms with Crippen LogP contribution in [0.15, 0.2) is 52.1 Å². The number of H-pyrrole nitrogens is 1. The van der Waals surface area contributed by atoms with Crippen LogP contribution in [-0.4, -0.2) is 50.2 Å². The monoisotopic (exact) mass is 432 g/mol. The zero-order chi connectivity index (χ0) is 22.2. The van der Waals surface area contributed by atoms with Crippen LogP contribution in [0.3, 0.4) is 0 Å². The van der Waals surface area contributed by atoms with E-state index in [1.165, 1.54) is 20.9 Å². The lowest BCUT2D eigenvalue weighted by Crippen LogP contribution is -2.47. The summed E-state index contributed by atoms with van der Waals surface area (Å²) in [7, 11) is 1.65. The van der Waals surface area contributed by atoms with Gasteiger partial charge in [0.05, 0.1) is 0 Å². The summed E-state index contributed by atoms with van der Waals surface area (Å²) in [6.45, 7) is 7.14. The molecule has 2 aromatic heterocycles. The Bertz CT molecular complexity index is 1390. The number of anilines is 1. The van der Waals surface area contributed by atoms with Gasteiger partial charge >= 0.3 is 5.69 Å². The Morgan fingerprint density at radius 3 is 2.53 bits per heavy atom. The van der Waals surface area contributed by atoms with Gasteiger partial charge in [-0.15, -0.1) is 0 Å². The SMILES string of the molecule is CCCn1c(N2CCN(Cc3cccc4ccccc34)CC2)nc2c1c(=O)[nH]c(=O)n2C. The maximum absolute atomic E-state index is 12.5. The van der Waals surface area contributed by atoms with E-state index in [2.05, 4.69) is 64.2 Å². The van der Waals surface area contributed by atoms with Crippen molar-refractivity contribution in [3.8, 4) is 0 Å². The summed E-state index contributed by atoms with van der Waals surface area (Å²) < 4.78 is 3.39. The smallest absolute Gasteiger partial charge is 0.329 e. The molecule has 1 aliphatic heterocycles. The average molecular weight is 433 g/mol. The van der Waals surface area contributed by atoms with Crippen LogP contribution in [0, 0.1) is 0 Å². The lowest BCUT2D eigenvalue weighted by Gasteiger charge is -2.35. The summed E-state index contributed by atoms with van der Waals surface area (Å²) in [4.78, 5) is 36.5. The maximum atomic E-state index is 12.5. The summed E-state index contributed by atoms with van der Waals surface area (Å²) in [6.07, 6.45) is 0.877. The number of benzene rings is 2. The quantitative estimate of drug-likeness (QED) is 0.524. The number of fused-ring (bicyclic) bond motifs is 2. The summed E-state index contributed by atoms with van der Waals surface area (Å²) in [5.74, 6) is 0.776. The Hall–Kier alpha value is -3.39. The van der Waals surface area contributed by atoms with Crippen LogP contribution in [0.4, 0.5) is 5.95 Å². The molecule has 0 aliphatic carbocycles. The van der Waals surface area contributed by atoms with Crippen molar-refractivity contribution in [2.45, 2.75) is 26.4 Å². The highest BCUT2D eigenvalue weighted by Gasteiger charge is 2.24. The van der Waals surface area contributed by atoms with Gasteiger partial charge in [-0.1, -0.05) is 49.4 Å². The predicted molar refractivity (Wildman–Crippen MR) is 127 cm³/mol. The van der Waals surface area contributed by atoms with Gasteiger partial charge in [0, 0.05) is 46.3 Å². The number of hydrogen-bond acceptors (Lipinski definition) is 5. The standard InChI is InChI=1S/C24H28N6O2/c1-3-11-30-20-21(27(2)24(32)26-22(20)31)25-23(30)29-14-12-28(13-15-29)16-18-9-6-8-17-7-4-5-10-19(17)18/h4-10H,3,11-16H2,1-2H3,(H,26,31,32). The van der Waals surface area contributed by atoms with E-state index in [9.17, 15) is 9.59 Å². The van der Waals surface area contributed by atoms with Gasteiger partial charge in [0.25, 0.3) is 5.56 Å². The molecule has 166 valence electrons. The number of rotatable bonds is 5. The van der Waals surface area contributed by atoms with Crippen LogP contribution in [0.2, 0.25) is 0 Å². The van der Waals surface area contributed by atoms with Crippen LogP contribution in [0.1, 0.15) is 18.9 Å². The first kappa shape index (κ1) is 20.5. The third kappa shape index (κ3) is 3.50. The van der Waals surface area contributed by atoms with Crippen LogP contribution in [0.25, 0.3) is 21.9 Å². The highest BCUT2D eigenvalue weighted by molar-refractivity contribution is 5.85. The molecule has 1 aliphatic rings. The second-order valence-electron chi connectivity index (χ2n) is 8.46. The molecule has 1 saturated heterocycles. The number of aromatic nitrogens is 4. The molecule has 0 unspecified atom stereocenters. The van der Waals surface area contributed by atoms with E-state index >= 15 is 0 Å².